The highest BCUT2D eigenvalue weighted by Crippen LogP contribution is 2.26. The normalized spacial score (nSPS) is 9.20. The fourth-order valence-corrected chi connectivity index (χ4v) is 1.26. The van der Waals surface area contributed by atoms with Gasteiger partial charge in [-0.1, -0.05) is 6.07 Å². The van der Waals surface area contributed by atoms with Crippen LogP contribution < -0.4 is 0 Å². The van der Waals surface area contributed by atoms with Crippen LogP contribution in [0.15, 0.2) is 36.4 Å². The second-order valence-corrected chi connectivity index (χ2v) is 3.70. The van der Waals surface area contributed by atoms with Crippen molar-refractivity contribution in [2.75, 3.05) is 0 Å². The maximum atomic E-state index is 10.1. The van der Waals surface area contributed by atoms with Gasteiger partial charge in [-0.15, -0.1) is 0 Å². The van der Waals surface area contributed by atoms with Crippen molar-refractivity contribution in [1.29, 1.82) is 0 Å². The molecule has 6 nitrogen and oxygen atoms in total. The number of rotatable bonds is 2. The molecule has 0 amide bonds. The third kappa shape index (κ3) is 3.74. The van der Waals surface area contributed by atoms with E-state index in [4.69, 9.17) is 20.4 Å². The van der Waals surface area contributed by atoms with Crippen molar-refractivity contribution in [2.24, 2.45) is 0 Å². The van der Waals surface area contributed by atoms with Crippen molar-refractivity contribution in [3.8, 4) is 23.0 Å². The molecule has 0 heterocycles. The molecule has 0 radical (unpaired) electrons. The summed E-state index contributed by atoms with van der Waals surface area (Å²) in [5, 5.41) is 35.3. The van der Waals surface area contributed by atoms with Gasteiger partial charge in [0.1, 0.15) is 6.29 Å². The van der Waals surface area contributed by atoms with Crippen LogP contribution in [0.3, 0.4) is 0 Å². The summed E-state index contributed by atoms with van der Waals surface area (Å²) in [6, 6.07) is 8.09. The fraction of sp³-hybridized carbons (Fsp3) is 0. The smallest absolute Gasteiger partial charge is 0.168 e. The highest BCUT2D eigenvalue weighted by Gasteiger charge is 2.02. The molecule has 0 spiro atoms. The summed E-state index contributed by atoms with van der Waals surface area (Å²) >= 11 is 0. The third-order valence-electron chi connectivity index (χ3n) is 2.31. The molecule has 0 fully saturated rings. The van der Waals surface area contributed by atoms with E-state index in [1.54, 1.807) is 0 Å². The molecule has 0 atom stereocenters. The van der Waals surface area contributed by atoms with E-state index in [9.17, 15) is 9.59 Å². The van der Waals surface area contributed by atoms with Crippen LogP contribution in [0.5, 0.6) is 23.0 Å². The monoisotopic (exact) mass is 276 g/mol. The van der Waals surface area contributed by atoms with Gasteiger partial charge >= 0.3 is 0 Å². The molecular weight excluding hydrogens is 264 g/mol. The quantitative estimate of drug-likeness (QED) is 0.491. The molecule has 20 heavy (non-hydrogen) atoms. The number of hydrogen-bond acceptors (Lipinski definition) is 6. The molecule has 0 aromatic heterocycles. The summed E-state index contributed by atoms with van der Waals surface area (Å²) in [4.78, 5) is 20.2. The molecule has 2 rings (SSSR count). The number of hydrogen-bond donors (Lipinski definition) is 4. The van der Waals surface area contributed by atoms with Gasteiger partial charge in [-0.3, -0.25) is 9.59 Å². The second-order valence-electron chi connectivity index (χ2n) is 3.70. The van der Waals surface area contributed by atoms with Gasteiger partial charge in [0, 0.05) is 5.56 Å². The Morgan fingerprint density at radius 3 is 1.95 bits per heavy atom. The van der Waals surface area contributed by atoms with Gasteiger partial charge in [-0.05, 0) is 30.3 Å². The summed E-state index contributed by atoms with van der Waals surface area (Å²) in [7, 11) is 0. The first-order valence-corrected chi connectivity index (χ1v) is 5.43. The molecule has 2 aromatic carbocycles. The highest BCUT2D eigenvalue weighted by atomic mass is 16.3. The van der Waals surface area contributed by atoms with Gasteiger partial charge < -0.3 is 20.4 Å². The average molecular weight is 276 g/mol. The second kappa shape index (κ2) is 6.79. The zero-order chi connectivity index (χ0) is 15.1. The Morgan fingerprint density at radius 2 is 1.45 bits per heavy atom. The summed E-state index contributed by atoms with van der Waals surface area (Å²) in [5.74, 6) is -1.13. The molecule has 6 heteroatoms. The van der Waals surface area contributed by atoms with E-state index >= 15 is 0 Å². The molecule has 2 aromatic rings. The fourth-order valence-electron chi connectivity index (χ4n) is 1.26. The molecule has 0 saturated carbocycles. The van der Waals surface area contributed by atoms with E-state index in [1.807, 2.05) is 0 Å². The molecule has 0 aliphatic heterocycles. The number of carbonyl (C=O) groups is 2. The molecule has 104 valence electrons. The Labute approximate surface area is 114 Å². The molecule has 0 aliphatic carbocycles. The van der Waals surface area contributed by atoms with E-state index < -0.39 is 0 Å². The number of aldehydes is 2. The van der Waals surface area contributed by atoms with Gasteiger partial charge in [0.15, 0.2) is 29.3 Å². The van der Waals surface area contributed by atoms with Crippen LogP contribution in [-0.2, 0) is 0 Å². The van der Waals surface area contributed by atoms with Crippen molar-refractivity contribution < 1.29 is 30.0 Å². The molecule has 0 aliphatic rings. The Hall–Kier alpha value is -3.02. The lowest BCUT2D eigenvalue weighted by Crippen LogP contribution is -1.79. The number of aromatic hydroxyl groups is 4. The SMILES string of the molecule is O=Cc1ccc(O)c(O)c1.O=Cc1cccc(O)c1O. The van der Waals surface area contributed by atoms with E-state index in [2.05, 4.69) is 0 Å². The van der Waals surface area contributed by atoms with E-state index in [1.165, 1.54) is 36.4 Å². The summed E-state index contributed by atoms with van der Waals surface area (Å²) in [6.45, 7) is 0. The zero-order valence-corrected chi connectivity index (χ0v) is 10.2. The standard InChI is InChI=1S/2C7H6O3/c8-4-5-1-2-6(9)7(10)3-5;8-4-5-2-1-3-6(9)7(5)10/h2*1-4,9-10H. The summed E-state index contributed by atoms with van der Waals surface area (Å²) in [6.07, 6.45) is 1.08. The van der Waals surface area contributed by atoms with E-state index in [0.717, 1.165) is 0 Å². The van der Waals surface area contributed by atoms with Gasteiger partial charge in [-0.2, -0.15) is 0 Å². The van der Waals surface area contributed by atoms with Crippen molar-refractivity contribution in [2.45, 2.75) is 0 Å². The van der Waals surface area contributed by atoms with Crippen molar-refractivity contribution in [3.05, 3.63) is 47.5 Å². The number of benzene rings is 2. The van der Waals surface area contributed by atoms with Crippen LogP contribution in [0.4, 0.5) is 0 Å². The predicted molar refractivity (Wildman–Crippen MR) is 70.3 cm³/mol. The average Bonchev–Trinajstić information content (AvgIpc) is 2.45. The largest absolute Gasteiger partial charge is 0.504 e. The van der Waals surface area contributed by atoms with Crippen LogP contribution >= 0.6 is 0 Å². The molecule has 0 saturated heterocycles. The first-order chi connectivity index (χ1) is 9.49. The third-order valence-corrected chi connectivity index (χ3v) is 2.31. The Kier molecular flexibility index (Phi) is 5.11. The van der Waals surface area contributed by atoms with Crippen LogP contribution in [0, 0.1) is 0 Å². The van der Waals surface area contributed by atoms with E-state index in [-0.39, 0.29) is 28.6 Å². The highest BCUT2D eigenvalue weighted by molar-refractivity contribution is 5.80. The van der Waals surface area contributed by atoms with Crippen molar-refractivity contribution in [3.63, 3.8) is 0 Å². The predicted octanol–water partition coefficient (Wildman–Crippen LogP) is 1.82. The van der Waals surface area contributed by atoms with Gasteiger partial charge in [0.2, 0.25) is 0 Å². The minimum Gasteiger partial charge on any atom is -0.504 e. The Bertz CT molecular complexity index is 621. The van der Waals surface area contributed by atoms with Crippen LogP contribution in [0.1, 0.15) is 20.7 Å². The zero-order valence-electron chi connectivity index (χ0n) is 10.2. The van der Waals surface area contributed by atoms with Gasteiger partial charge in [0.05, 0.1) is 5.56 Å². The van der Waals surface area contributed by atoms with Gasteiger partial charge in [-0.25, -0.2) is 0 Å². The number of carbonyl (C=O) groups excluding carboxylic acids is 2. The Morgan fingerprint density at radius 1 is 0.750 bits per heavy atom. The lowest BCUT2D eigenvalue weighted by atomic mass is 10.2. The van der Waals surface area contributed by atoms with Crippen LogP contribution in [-0.4, -0.2) is 33.0 Å². The van der Waals surface area contributed by atoms with E-state index in [0.29, 0.717) is 18.1 Å². The lowest BCUT2D eigenvalue weighted by molar-refractivity contribution is 0.111. The molecule has 0 bridgehead atoms. The molecular formula is C14H12O6. The molecule has 4 N–H and O–H groups in total. The number of phenols is 4. The lowest BCUT2D eigenvalue weighted by Gasteiger charge is -1.97. The molecule has 0 unspecified atom stereocenters. The number of phenolic OH excluding ortho intramolecular Hbond substituents is 4. The maximum Gasteiger partial charge on any atom is 0.168 e. The van der Waals surface area contributed by atoms with Crippen LogP contribution in [0.25, 0.3) is 0 Å². The van der Waals surface area contributed by atoms with Gasteiger partial charge in [0.25, 0.3) is 0 Å². The minimum atomic E-state index is -0.363. The minimum absolute atomic E-state index is 0.0972. The first kappa shape index (κ1) is 15.0. The topological polar surface area (TPSA) is 115 Å². The number of para-hydroxylation sites is 1. The maximum absolute atomic E-state index is 10.1. The van der Waals surface area contributed by atoms with Crippen molar-refractivity contribution >= 4 is 12.6 Å². The first-order valence-electron chi connectivity index (χ1n) is 5.43. The summed E-state index contributed by atoms with van der Waals surface area (Å²) < 4.78 is 0. The van der Waals surface area contributed by atoms with Crippen LogP contribution in [0.2, 0.25) is 0 Å². The summed E-state index contributed by atoms with van der Waals surface area (Å²) in [5.41, 5.74) is 0.440. The Balaban J connectivity index is 0.000000200. The van der Waals surface area contributed by atoms with Crippen molar-refractivity contribution in [1.82, 2.24) is 0 Å².